The third kappa shape index (κ3) is 6.81. The molecule has 0 radical (unpaired) electrons. The molecule has 0 atom stereocenters. The van der Waals surface area contributed by atoms with Gasteiger partial charge in [0.25, 0.3) is 0 Å². The molecule has 4 heterocycles. The van der Waals surface area contributed by atoms with E-state index < -0.39 is 5.82 Å². The van der Waals surface area contributed by atoms with Crippen molar-refractivity contribution in [3.8, 4) is 29.9 Å². The molecule has 2 aromatic carbocycles. The number of anilines is 4. The number of fused-ring (bicyclic) bond motifs is 2. The van der Waals surface area contributed by atoms with E-state index in [1.54, 1.807) is 34.8 Å². The van der Waals surface area contributed by atoms with E-state index in [-0.39, 0.29) is 5.75 Å². The summed E-state index contributed by atoms with van der Waals surface area (Å²) in [7, 11) is 0. The van der Waals surface area contributed by atoms with Gasteiger partial charge in [-0.05, 0) is 62.9 Å². The molecular weight excluding hydrogens is 594 g/mol. The Hall–Kier alpha value is -4.55. The molecule has 0 bridgehead atoms. The predicted octanol–water partition coefficient (Wildman–Crippen LogP) is 6.40. The Kier molecular flexibility index (Phi) is 9.28. The Labute approximate surface area is 263 Å². The summed E-state index contributed by atoms with van der Waals surface area (Å²) in [5.74, 6) is 9.71. The molecule has 5 aromatic rings. The van der Waals surface area contributed by atoms with Crippen molar-refractivity contribution in [1.82, 2.24) is 25.5 Å². The summed E-state index contributed by atoms with van der Waals surface area (Å²) in [5, 5.41) is 17.2. The number of terminal acetylenes is 1. The summed E-state index contributed by atoms with van der Waals surface area (Å²) in [6.45, 7) is 4.22. The highest BCUT2D eigenvalue weighted by atomic mass is 32.1. The lowest BCUT2D eigenvalue weighted by Crippen LogP contribution is -2.27. The van der Waals surface area contributed by atoms with E-state index in [4.69, 9.17) is 16.1 Å². The average Bonchev–Trinajstić information content (AvgIpc) is 3.68. The van der Waals surface area contributed by atoms with Crippen LogP contribution in [0, 0.1) is 36.9 Å². The highest BCUT2D eigenvalue weighted by Gasteiger charge is 2.26. The zero-order valence-electron chi connectivity index (χ0n) is 24.2. The predicted molar refractivity (Wildman–Crippen MR) is 176 cm³/mol. The van der Waals surface area contributed by atoms with Crippen molar-refractivity contribution in [1.29, 1.82) is 0 Å². The molecule has 11 heteroatoms. The van der Waals surface area contributed by atoms with Gasteiger partial charge in [-0.25, -0.2) is 14.4 Å². The van der Waals surface area contributed by atoms with E-state index in [9.17, 15) is 4.39 Å². The molecule has 222 valence electrons. The molecule has 3 aromatic heterocycles. The van der Waals surface area contributed by atoms with Gasteiger partial charge in [0.15, 0.2) is 33.5 Å². The maximum Gasteiger partial charge on any atom is 0.191 e. The van der Waals surface area contributed by atoms with Gasteiger partial charge >= 0.3 is 0 Å². The van der Waals surface area contributed by atoms with Crippen LogP contribution in [0.3, 0.4) is 0 Å². The van der Waals surface area contributed by atoms with Crippen LogP contribution in [0.15, 0.2) is 48.7 Å². The first kappa shape index (κ1) is 29.5. The van der Waals surface area contributed by atoms with E-state index in [1.165, 1.54) is 11.6 Å². The topological polar surface area (TPSA) is 88.1 Å². The maximum atomic E-state index is 14.5. The van der Waals surface area contributed by atoms with E-state index in [2.05, 4.69) is 61.5 Å². The van der Waals surface area contributed by atoms with E-state index in [1.807, 2.05) is 24.4 Å². The zero-order valence-corrected chi connectivity index (χ0v) is 25.8. The second-order valence-electron chi connectivity index (χ2n) is 10.2. The molecule has 0 unspecified atom stereocenters. The first-order valence-electron chi connectivity index (χ1n) is 14.4. The van der Waals surface area contributed by atoms with Crippen LogP contribution in [0.25, 0.3) is 10.2 Å². The molecule has 8 nitrogen and oxygen atoms in total. The Morgan fingerprint density at radius 1 is 1.14 bits per heavy atom. The first-order chi connectivity index (χ1) is 21.6. The van der Waals surface area contributed by atoms with Crippen molar-refractivity contribution in [3.63, 3.8) is 0 Å². The fourth-order valence-corrected chi connectivity index (χ4v) is 6.76. The minimum Gasteiger partial charge on any atom is -0.491 e. The number of hydrogen-bond acceptors (Lipinski definition) is 10. The fourth-order valence-electron chi connectivity index (χ4n) is 4.92. The van der Waals surface area contributed by atoms with Crippen molar-refractivity contribution in [2.45, 2.75) is 32.6 Å². The number of nitrogens with one attached hydrogen (secondary N) is 2. The molecule has 0 spiro atoms. The van der Waals surface area contributed by atoms with Crippen molar-refractivity contribution in [2.24, 2.45) is 0 Å². The molecule has 1 aliphatic heterocycles. The molecule has 0 saturated heterocycles. The minimum atomic E-state index is -0.424. The van der Waals surface area contributed by atoms with Gasteiger partial charge in [-0.1, -0.05) is 41.2 Å². The fraction of sp³-hybridized carbons (Fsp3) is 0.273. The Morgan fingerprint density at radius 3 is 2.91 bits per heavy atom. The molecule has 0 fully saturated rings. The normalized spacial score (nSPS) is 12.3. The van der Waals surface area contributed by atoms with Crippen LogP contribution in [0.1, 0.15) is 34.4 Å². The number of aryl methyl sites for hydroxylation is 1. The molecule has 0 amide bonds. The largest absolute Gasteiger partial charge is 0.491 e. The van der Waals surface area contributed by atoms with Gasteiger partial charge in [-0.3, -0.25) is 5.32 Å². The van der Waals surface area contributed by atoms with Crippen LogP contribution in [-0.2, 0) is 12.8 Å². The quantitative estimate of drug-likeness (QED) is 0.136. The van der Waals surface area contributed by atoms with Gasteiger partial charge in [0.1, 0.15) is 0 Å². The van der Waals surface area contributed by atoms with Gasteiger partial charge in [-0.2, -0.15) is 0 Å². The minimum absolute atomic E-state index is 0.224. The number of nitrogens with zero attached hydrogens (tertiary/aromatic N) is 5. The molecule has 0 aliphatic carbocycles. The summed E-state index contributed by atoms with van der Waals surface area (Å²) in [6, 6.07) is 12.8. The van der Waals surface area contributed by atoms with Crippen LogP contribution in [0.2, 0.25) is 0 Å². The summed E-state index contributed by atoms with van der Waals surface area (Å²) < 4.78 is 21.3. The van der Waals surface area contributed by atoms with Crippen LogP contribution in [0.4, 0.5) is 26.3 Å². The summed E-state index contributed by atoms with van der Waals surface area (Å²) in [5.41, 5.74) is 3.82. The highest BCUT2D eigenvalue weighted by Crippen LogP contribution is 2.38. The van der Waals surface area contributed by atoms with E-state index in [0.717, 1.165) is 74.8 Å². The highest BCUT2D eigenvalue weighted by molar-refractivity contribution is 7.22. The van der Waals surface area contributed by atoms with Crippen molar-refractivity contribution < 1.29 is 9.13 Å². The molecule has 0 saturated carbocycles. The van der Waals surface area contributed by atoms with Crippen LogP contribution in [-0.4, -0.2) is 46.4 Å². The third-order valence-electron chi connectivity index (χ3n) is 7.11. The number of hydrogen-bond donors (Lipinski definition) is 2. The molecule has 44 heavy (non-hydrogen) atoms. The van der Waals surface area contributed by atoms with Crippen molar-refractivity contribution >= 4 is 54.8 Å². The molecule has 1 aliphatic rings. The number of benzene rings is 2. The number of halogens is 1. The molecule has 2 N–H and O–H groups in total. The van der Waals surface area contributed by atoms with Gasteiger partial charge in [0, 0.05) is 34.3 Å². The summed E-state index contributed by atoms with van der Waals surface area (Å²) in [6.07, 6.45) is 10.6. The average molecular weight is 624 g/mol. The third-order valence-corrected chi connectivity index (χ3v) is 9.14. The number of rotatable bonds is 10. The molecule has 6 rings (SSSR count). The van der Waals surface area contributed by atoms with Crippen LogP contribution >= 0.6 is 22.7 Å². The van der Waals surface area contributed by atoms with Crippen molar-refractivity contribution in [3.05, 3.63) is 76.0 Å². The van der Waals surface area contributed by atoms with Gasteiger partial charge in [0.05, 0.1) is 29.9 Å². The Morgan fingerprint density at radius 2 is 2.05 bits per heavy atom. The second-order valence-corrected chi connectivity index (χ2v) is 12.3. The number of thiazole rings is 2. The Balaban J connectivity index is 1.04. The van der Waals surface area contributed by atoms with Crippen LogP contribution < -0.4 is 20.3 Å². The van der Waals surface area contributed by atoms with E-state index >= 15 is 0 Å². The smallest absolute Gasteiger partial charge is 0.191 e. The number of ether oxygens (including phenoxy) is 1. The maximum absolute atomic E-state index is 14.5. The first-order valence-corrected chi connectivity index (χ1v) is 16.0. The zero-order chi connectivity index (χ0) is 30.3. The number of para-hydroxylation sites is 1. The molecular formula is C33H30FN7OS2. The monoisotopic (exact) mass is 623 g/mol. The van der Waals surface area contributed by atoms with Crippen molar-refractivity contribution in [2.75, 3.05) is 36.5 Å². The lowest BCUT2D eigenvalue weighted by Gasteiger charge is -2.28. The lowest BCUT2D eigenvalue weighted by atomic mass is 10.0. The standard InChI is InChI=1S/C33H30FN7OS2/c1-3-16-35-17-6-9-23-14-15-28(26(34)20-23)42-19-8-10-24-21-36-33(43-24)41-18-7-11-25-22(2)30(39-40-31(25)41)38-32-37-27-12-4-5-13-29(27)44-32/h1,4-5,12-15,20-21,35H,7-8,10-11,16-19H2,2H3,(H,37,38,39). The SMILES string of the molecule is C#CCNCC#Cc1ccc(OCCCc2cnc(N3CCCc4c3nnc(Nc3nc5ccccc5s3)c4C)s2)c(F)c1. The van der Waals surface area contributed by atoms with Gasteiger partial charge < -0.3 is 15.0 Å². The lowest BCUT2D eigenvalue weighted by molar-refractivity contribution is 0.296. The second kappa shape index (κ2) is 13.8. The number of aromatic nitrogens is 4. The van der Waals surface area contributed by atoms with Gasteiger partial charge in [0.2, 0.25) is 0 Å². The van der Waals surface area contributed by atoms with Crippen LogP contribution in [0.5, 0.6) is 5.75 Å². The summed E-state index contributed by atoms with van der Waals surface area (Å²) in [4.78, 5) is 12.7. The van der Waals surface area contributed by atoms with E-state index in [0.29, 0.717) is 25.3 Å². The Bertz CT molecular complexity index is 1850. The summed E-state index contributed by atoms with van der Waals surface area (Å²) >= 11 is 3.25. The van der Waals surface area contributed by atoms with Gasteiger partial charge in [-0.15, -0.1) is 28.0 Å².